The quantitative estimate of drug-likeness (QED) is 0.381. The van der Waals surface area contributed by atoms with Crippen molar-refractivity contribution in [2.45, 2.75) is 27.2 Å². The van der Waals surface area contributed by atoms with Gasteiger partial charge in [-0.1, -0.05) is 29.8 Å². The van der Waals surface area contributed by atoms with E-state index in [1.165, 1.54) is 18.3 Å². The summed E-state index contributed by atoms with van der Waals surface area (Å²) in [4.78, 5) is 22.6. The summed E-state index contributed by atoms with van der Waals surface area (Å²) in [5.41, 5.74) is 7.14. The van der Waals surface area contributed by atoms with Crippen molar-refractivity contribution in [3.63, 3.8) is 0 Å². The summed E-state index contributed by atoms with van der Waals surface area (Å²) in [5, 5.41) is 14.9. The summed E-state index contributed by atoms with van der Waals surface area (Å²) in [5.74, 6) is 0.696. The molecule has 7 nitrogen and oxygen atoms in total. The number of nitro benzene ring substituents is 1. The fourth-order valence-electron chi connectivity index (χ4n) is 2.98. The normalized spacial score (nSPS) is 11.0. The van der Waals surface area contributed by atoms with E-state index in [0.717, 1.165) is 22.3 Å². The van der Waals surface area contributed by atoms with Gasteiger partial charge in [0.05, 0.1) is 17.6 Å². The van der Waals surface area contributed by atoms with E-state index in [4.69, 9.17) is 4.42 Å². The van der Waals surface area contributed by atoms with Crippen LogP contribution in [0, 0.1) is 30.9 Å². The maximum Gasteiger partial charge on any atom is 0.270 e. The van der Waals surface area contributed by atoms with Crippen LogP contribution in [-0.4, -0.2) is 17.0 Å². The summed E-state index contributed by atoms with van der Waals surface area (Å²) in [6.45, 7) is 5.83. The van der Waals surface area contributed by atoms with Gasteiger partial charge in [0.15, 0.2) is 0 Å². The molecule has 0 spiro atoms. The molecule has 0 aliphatic carbocycles. The van der Waals surface area contributed by atoms with Crippen LogP contribution in [0.4, 0.5) is 5.69 Å². The summed E-state index contributed by atoms with van der Waals surface area (Å²) in [6.07, 6.45) is 1.63. The van der Waals surface area contributed by atoms with E-state index in [2.05, 4.69) is 10.5 Å². The van der Waals surface area contributed by atoms with Gasteiger partial charge in [-0.25, -0.2) is 5.43 Å². The number of carbonyl (C=O) groups is 1. The predicted molar refractivity (Wildman–Crippen MR) is 111 cm³/mol. The SMILES string of the molecule is Cc1ccc(CC(=O)N/N=C/c2ccc(-c3cc([N+](=O)[O-])ccc3C)o2)c(C)c1. The Hall–Kier alpha value is -3.74. The molecule has 29 heavy (non-hydrogen) atoms. The van der Waals surface area contributed by atoms with Gasteiger partial charge in [-0.3, -0.25) is 14.9 Å². The maximum absolute atomic E-state index is 12.1. The smallest absolute Gasteiger partial charge is 0.270 e. The molecule has 1 N–H and O–H groups in total. The molecule has 3 aromatic rings. The molecule has 0 bridgehead atoms. The van der Waals surface area contributed by atoms with Crippen LogP contribution >= 0.6 is 0 Å². The van der Waals surface area contributed by atoms with Gasteiger partial charge < -0.3 is 4.42 Å². The number of benzene rings is 2. The molecule has 0 radical (unpaired) electrons. The number of hydrogen-bond acceptors (Lipinski definition) is 5. The molecule has 7 heteroatoms. The lowest BCUT2D eigenvalue weighted by Gasteiger charge is -2.05. The number of nitrogens with one attached hydrogen (secondary N) is 1. The minimum Gasteiger partial charge on any atom is -0.455 e. The molecule has 1 amide bonds. The first-order valence-electron chi connectivity index (χ1n) is 9.07. The van der Waals surface area contributed by atoms with Crippen molar-refractivity contribution in [3.8, 4) is 11.3 Å². The lowest BCUT2D eigenvalue weighted by atomic mass is 10.0. The van der Waals surface area contributed by atoms with E-state index < -0.39 is 4.92 Å². The van der Waals surface area contributed by atoms with Gasteiger partial charge in [-0.2, -0.15) is 5.10 Å². The number of carbonyl (C=O) groups excluding carboxylic acids is 1. The van der Waals surface area contributed by atoms with Crippen molar-refractivity contribution in [2.24, 2.45) is 5.10 Å². The van der Waals surface area contributed by atoms with Crippen molar-refractivity contribution in [2.75, 3.05) is 0 Å². The third kappa shape index (κ3) is 4.95. The lowest BCUT2D eigenvalue weighted by Crippen LogP contribution is -2.20. The number of nitro groups is 1. The van der Waals surface area contributed by atoms with Crippen LogP contribution < -0.4 is 5.43 Å². The highest BCUT2D eigenvalue weighted by atomic mass is 16.6. The van der Waals surface area contributed by atoms with Gasteiger partial charge >= 0.3 is 0 Å². The molecule has 148 valence electrons. The summed E-state index contributed by atoms with van der Waals surface area (Å²) < 4.78 is 5.69. The molecular weight excluding hydrogens is 370 g/mol. The monoisotopic (exact) mass is 391 g/mol. The molecule has 3 rings (SSSR count). The number of hydrazone groups is 1. The number of nitrogens with zero attached hydrogens (tertiary/aromatic N) is 2. The van der Waals surface area contributed by atoms with Gasteiger partial charge in [-0.15, -0.1) is 0 Å². The molecule has 0 unspecified atom stereocenters. The van der Waals surface area contributed by atoms with Crippen LogP contribution in [0.1, 0.15) is 28.0 Å². The van der Waals surface area contributed by atoms with E-state index >= 15 is 0 Å². The first-order valence-corrected chi connectivity index (χ1v) is 9.07. The summed E-state index contributed by atoms with van der Waals surface area (Å²) >= 11 is 0. The first-order chi connectivity index (χ1) is 13.8. The highest BCUT2D eigenvalue weighted by Crippen LogP contribution is 2.28. The zero-order valence-corrected chi connectivity index (χ0v) is 16.4. The Labute approximate surface area is 168 Å². The number of aryl methyl sites for hydroxylation is 3. The van der Waals surface area contributed by atoms with Crippen molar-refractivity contribution < 1.29 is 14.1 Å². The number of rotatable bonds is 6. The second-order valence-corrected chi connectivity index (χ2v) is 6.86. The minimum atomic E-state index is -0.445. The molecule has 2 aromatic carbocycles. The van der Waals surface area contributed by atoms with Crippen LogP contribution in [-0.2, 0) is 11.2 Å². The van der Waals surface area contributed by atoms with Gasteiger partial charge in [-0.05, 0) is 49.6 Å². The van der Waals surface area contributed by atoms with E-state index in [1.54, 1.807) is 18.2 Å². The Morgan fingerprint density at radius 3 is 2.62 bits per heavy atom. The van der Waals surface area contributed by atoms with Crippen molar-refractivity contribution in [1.82, 2.24) is 5.43 Å². The van der Waals surface area contributed by atoms with Crippen LogP contribution in [0.15, 0.2) is 58.0 Å². The van der Waals surface area contributed by atoms with Crippen LogP contribution in [0.5, 0.6) is 0 Å². The molecular formula is C22H21N3O4. The number of non-ortho nitro benzene ring substituents is 1. The van der Waals surface area contributed by atoms with Gasteiger partial charge in [0, 0.05) is 17.7 Å². The molecule has 0 aliphatic heterocycles. The average Bonchev–Trinajstić information content (AvgIpc) is 3.13. The predicted octanol–water partition coefficient (Wildman–Crippen LogP) is 4.47. The Morgan fingerprint density at radius 2 is 1.90 bits per heavy atom. The van der Waals surface area contributed by atoms with Crippen molar-refractivity contribution >= 4 is 17.8 Å². The molecule has 0 saturated carbocycles. The number of hydrogen-bond donors (Lipinski definition) is 1. The molecule has 1 aromatic heterocycles. The summed E-state index contributed by atoms with van der Waals surface area (Å²) in [7, 11) is 0. The topological polar surface area (TPSA) is 97.7 Å². The lowest BCUT2D eigenvalue weighted by molar-refractivity contribution is -0.384. The largest absolute Gasteiger partial charge is 0.455 e. The Morgan fingerprint density at radius 1 is 1.10 bits per heavy atom. The van der Waals surface area contributed by atoms with Crippen LogP contribution in [0.3, 0.4) is 0 Å². The third-order valence-electron chi connectivity index (χ3n) is 4.55. The van der Waals surface area contributed by atoms with E-state index in [9.17, 15) is 14.9 Å². The number of amides is 1. The van der Waals surface area contributed by atoms with Gasteiger partial charge in [0.2, 0.25) is 5.91 Å². The van der Waals surface area contributed by atoms with Crippen molar-refractivity contribution in [1.29, 1.82) is 0 Å². The molecule has 0 fully saturated rings. The highest BCUT2D eigenvalue weighted by molar-refractivity contribution is 5.82. The zero-order chi connectivity index (χ0) is 21.0. The second-order valence-electron chi connectivity index (χ2n) is 6.86. The summed E-state index contributed by atoms with van der Waals surface area (Å²) in [6, 6.07) is 13.9. The zero-order valence-electron chi connectivity index (χ0n) is 16.4. The second kappa shape index (κ2) is 8.52. The first kappa shape index (κ1) is 20.0. The van der Waals surface area contributed by atoms with Gasteiger partial charge in [0.1, 0.15) is 11.5 Å². The van der Waals surface area contributed by atoms with Gasteiger partial charge in [0.25, 0.3) is 5.69 Å². The van der Waals surface area contributed by atoms with E-state index in [0.29, 0.717) is 17.1 Å². The Bertz CT molecular complexity index is 1100. The highest BCUT2D eigenvalue weighted by Gasteiger charge is 2.13. The molecule has 0 aliphatic rings. The third-order valence-corrected chi connectivity index (χ3v) is 4.55. The van der Waals surface area contributed by atoms with E-state index in [-0.39, 0.29) is 18.0 Å². The fraction of sp³-hybridized carbons (Fsp3) is 0.182. The molecule has 0 atom stereocenters. The Kier molecular flexibility index (Phi) is 5.87. The standard InChI is InChI=1S/C22H21N3O4/c1-14-4-6-17(16(3)10-14)11-22(26)24-23-13-19-8-9-21(29-19)20-12-18(25(27)28)7-5-15(20)2/h4-10,12-13H,11H2,1-3H3,(H,24,26)/b23-13+. The number of furan rings is 1. The molecule has 0 saturated heterocycles. The van der Waals surface area contributed by atoms with Crippen LogP contribution in [0.25, 0.3) is 11.3 Å². The average molecular weight is 391 g/mol. The van der Waals surface area contributed by atoms with Crippen molar-refractivity contribution in [3.05, 3.63) is 86.7 Å². The minimum absolute atomic E-state index is 0.00382. The molecule has 1 heterocycles. The Balaban J connectivity index is 1.65. The van der Waals surface area contributed by atoms with Crippen LogP contribution in [0.2, 0.25) is 0 Å². The van der Waals surface area contributed by atoms with E-state index in [1.807, 2.05) is 39.0 Å². The fourth-order valence-corrected chi connectivity index (χ4v) is 2.98. The maximum atomic E-state index is 12.1.